The van der Waals surface area contributed by atoms with Crippen LogP contribution in [-0.4, -0.2) is 29.3 Å². The van der Waals surface area contributed by atoms with Gasteiger partial charge in [0.05, 0.1) is 24.3 Å². The number of fused-ring (bicyclic) bond motifs is 1. The normalized spacial score (nSPS) is 15.0. The van der Waals surface area contributed by atoms with Gasteiger partial charge in [-0.15, -0.1) is 0 Å². The molecule has 0 aliphatic carbocycles. The van der Waals surface area contributed by atoms with Crippen molar-refractivity contribution in [3.8, 4) is 11.5 Å². The van der Waals surface area contributed by atoms with Crippen LogP contribution in [0.3, 0.4) is 0 Å². The number of ether oxygens (including phenoxy) is 2. The summed E-state index contributed by atoms with van der Waals surface area (Å²) in [5, 5.41) is 3.58. The Morgan fingerprint density at radius 2 is 2.10 bits per heavy atom. The number of aryl methyl sites for hydroxylation is 1. The smallest absolute Gasteiger partial charge is 0.161 e. The Morgan fingerprint density at radius 1 is 1.29 bits per heavy atom. The molecule has 1 N–H and O–H groups in total. The lowest BCUT2D eigenvalue weighted by atomic mass is 10.0. The fourth-order valence-corrected chi connectivity index (χ4v) is 2.57. The number of benzene rings is 1. The van der Waals surface area contributed by atoms with Gasteiger partial charge in [-0.2, -0.15) is 0 Å². The Hall–Kier alpha value is -2.01. The number of hydrogen-bond donors (Lipinski definition) is 1. The Kier molecular flexibility index (Phi) is 4.10. The van der Waals surface area contributed by atoms with Gasteiger partial charge in [0.1, 0.15) is 13.2 Å². The zero-order valence-corrected chi connectivity index (χ0v) is 12.5. The Balaban J connectivity index is 1.94. The van der Waals surface area contributed by atoms with Gasteiger partial charge in [0.2, 0.25) is 0 Å². The molecule has 0 spiro atoms. The van der Waals surface area contributed by atoms with Crippen molar-refractivity contribution in [2.24, 2.45) is 7.05 Å². The van der Waals surface area contributed by atoms with Gasteiger partial charge in [-0.25, -0.2) is 4.98 Å². The molecule has 2 aromatic rings. The molecule has 21 heavy (non-hydrogen) atoms. The minimum atomic E-state index is 0.105. The van der Waals surface area contributed by atoms with E-state index in [4.69, 9.17) is 9.47 Å². The van der Waals surface area contributed by atoms with Gasteiger partial charge < -0.3 is 19.4 Å². The van der Waals surface area contributed by atoms with Crippen LogP contribution in [0, 0.1) is 0 Å². The van der Waals surface area contributed by atoms with Crippen molar-refractivity contribution in [3.05, 3.63) is 42.0 Å². The average Bonchev–Trinajstić information content (AvgIpc) is 2.94. The van der Waals surface area contributed by atoms with Crippen LogP contribution in [0.25, 0.3) is 0 Å². The molecule has 1 aromatic heterocycles. The van der Waals surface area contributed by atoms with E-state index >= 15 is 0 Å². The zero-order valence-electron chi connectivity index (χ0n) is 12.5. The minimum absolute atomic E-state index is 0.105. The molecule has 1 unspecified atom stereocenters. The molecule has 1 aromatic carbocycles. The van der Waals surface area contributed by atoms with E-state index in [1.807, 2.05) is 30.2 Å². The number of imidazole rings is 1. The molecule has 0 amide bonds. The summed E-state index contributed by atoms with van der Waals surface area (Å²) in [6.07, 6.45) is 4.82. The van der Waals surface area contributed by atoms with E-state index in [1.165, 1.54) is 0 Å². The molecule has 0 radical (unpaired) electrons. The molecule has 0 saturated carbocycles. The van der Waals surface area contributed by atoms with Crippen molar-refractivity contribution < 1.29 is 9.47 Å². The first-order chi connectivity index (χ1) is 10.3. The van der Waals surface area contributed by atoms with Crippen LogP contribution in [0.5, 0.6) is 11.5 Å². The lowest BCUT2D eigenvalue weighted by Gasteiger charge is -2.23. The minimum Gasteiger partial charge on any atom is -0.486 e. The summed E-state index contributed by atoms with van der Waals surface area (Å²) in [7, 11) is 2.01. The van der Waals surface area contributed by atoms with Crippen LogP contribution in [0.15, 0.2) is 30.7 Å². The lowest BCUT2D eigenvalue weighted by molar-refractivity contribution is 0.171. The lowest BCUT2D eigenvalue weighted by Crippen LogP contribution is -2.25. The highest BCUT2D eigenvalue weighted by atomic mass is 16.6. The second kappa shape index (κ2) is 6.18. The summed E-state index contributed by atoms with van der Waals surface area (Å²) in [5.74, 6) is 1.65. The van der Waals surface area contributed by atoms with Gasteiger partial charge in [0.25, 0.3) is 0 Å². The molecular weight excluding hydrogens is 266 g/mol. The standard InChI is InChI=1S/C16H21N3O2/c1-3-6-18-16(13-10-17-11-19(13)2)12-4-5-14-15(9-12)21-8-7-20-14/h4-5,9-11,16,18H,3,6-8H2,1-2H3. The monoisotopic (exact) mass is 287 g/mol. The first-order valence-corrected chi connectivity index (χ1v) is 7.38. The van der Waals surface area contributed by atoms with Crippen molar-refractivity contribution in [2.75, 3.05) is 19.8 Å². The van der Waals surface area contributed by atoms with E-state index in [0.29, 0.717) is 13.2 Å². The molecule has 0 saturated heterocycles. The summed E-state index contributed by atoms with van der Waals surface area (Å²) in [6, 6.07) is 6.25. The molecule has 0 bridgehead atoms. The van der Waals surface area contributed by atoms with E-state index in [-0.39, 0.29) is 6.04 Å². The molecule has 0 fully saturated rings. The molecular formula is C16H21N3O2. The first kappa shape index (κ1) is 13.9. The first-order valence-electron chi connectivity index (χ1n) is 7.38. The van der Waals surface area contributed by atoms with Crippen LogP contribution < -0.4 is 14.8 Å². The summed E-state index contributed by atoms with van der Waals surface area (Å²) < 4.78 is 13.3. The van der Waals surface area contributed by atoms with E-state index in [2.05, 4.69) is 29.4 Å². The van der Waals surface area contributed by atoms with Crippen LogP contribution in [0.4, 0.5) is 0 Å². The van der Waals surface area contributed by atoms with Gasteiger partial charge in [-0.3, -0.25) is 0 Å². The van der Waals surface area contributed by atoms with Gasteiger partial charge in [-0.1, -0.05) is 13.0 Å². The topological polar surface area (TPSA) is 48.3 Å². The van der Waals surface area contributed by atoms with Gasteiger partial charge >= 0.3 is 0 Å². The number of nitrogens with one attached hydrogen (secondary N) is 1. The molecule has 3 rings (SSSR count). The maximum Gasteiger partial charge on any atom is 0.161 e. The van der Waals surface area contributed by atoms with Crippen molar-refractivity contribution in [2.45, 2.75) is 19.4 Å². The van der Waals surface area contributed by atoms with Gasteiger partial charge in [-0.05, 0) is 30.7 Å². The number of hydrogen-bond acceptors (Lipinski definition) is 4. The molecule has 5 nitrogen and oxygen atoms in total. The third-order valence-corrected chi connectivity index (χ3v) is 3.65. The number of rotatable bonds is 5. The van der Waals surface area contributed by atoms with E-state index in [9.17, 15) is 0 Å². The second-order valence-corrected chi connectivity index (χ2v) is 5.22. The van der Waals surface area contributed by atoms with Crippen LogP contribution in [0.1, 0.15) is 30.6 Å². The highest BCUT2D eigenvalue weighted by Gasteiger charge is 2.20. The maximum atomic E-state index is 5.69. The maximum absolute atomic E-state index is 5.69. The summed E-state index contributed by atoms with van der Waals surface area (Å²) in [4.78, 5) is 4.23. The van der Waals surface area contributed by atoms with Crippen LogP contribution in [-0.2, 0) is 7.05 Å². The molecule has 112 valence electrons. The van der Waals surface area contributed by atoms with E-state index < -0.39 is 0 Å². The fraction of sp³-hybridized carbons (Fsp3) is 0.438. The Labute approximate surface area is 124 Å². The van der Waals surface area contributed by atoms with Crippen molar-refractivity contribution in [3.63, 3.8) is 0 Å². The van der Waals surface area contributed by atoms with Crippen molar-refractivity contribution in [1.29, 1.82) is 0 Å². The van der Waals surface area contributed by atoms with E-state index in [1.54, 1.807) is 0 Å². The van der Waals surface area contributed by atoms with E-state index in [0.717, 1.165) is 35.7 Å². The zero-order chi connectivity index (χ0) is 14.7. The summed E-state index contributed by atoms with van der Waals surface area (Å²) >= 11 is 0. The van der Waals surface area contributed by atoms with Gasteiger partial charge in [0.15, 0.2) is 11.5 Å². The third-order valence-electron chi connectivity index (χ3n) is 3.65. The largest absolute Gasteiger partial charge is 0.486 e. The number of aromatic nitrogens is 2. The highest BCUT2D eigenvalue weighted by molar-refractivity contribution is 5.46. The molecule has 1 aliphatic rings. The van der Waals surface area contributed by atoms with Gasteiger partial charge in [0, 0.05) is 7.05 Å². The molecule has 2 heterocycles. The summed E-state index contributed by atoms with van der Waals surface area (Å²) in [5.41, 5.74) is 2.30. The molecule has 1 aliphatic heterocycles. The average molecular weight is 287 g/mol. The quantitative estimate of drug-likeness (QED) is 0.916. The second-order valence-electron chi connectivity index (χ2n) is 5.22. The SMILES string of the molecule is CCCNC(c1ccc2c(c1)OCCO2)c1cncn1C. The van der Waals surface area contributed by atoms with Crippen LogP contribution >= 0.6 is 0 Å². The van der Waals surface area contributed by atoms with Crippen molar-refractivity contribution >= 4 is 0 Å². The molecule has 1 atom stereocenters. The van der Waals surface area contributed by atoms with Crippen molar-refractivity contribution in [1.82, 2.24) is 14.9 Å². The fourth-order valence-electron chi connectivity index (χ4n) is 2.57. The predicted molar refractivity (Wildman–Crippen MR) is 80.8 cm³/mol. The highest BCUT2D eigenvalue weighted by Crippen LogP contribution is 2.34. The summed E-state index contributed by atoms with van der Waals surface area (Å²) in [6.45, 7) is 4.34. The number of nitrogens with zero attached hydrogens (tertiary/aromatic N) is 2. The third kappa shape index (κ3) is 2.88. The Bertz CT molecular complexity index is 609. The predicted octanol–water partition coefficient (Wildman–Crippen LogP) is 2.28. The van der Waals surface area contributed by atoms with Crippen LogP contribution in [0.2, 0.25) is 0 Å². The Morgan fingerprint density at radius 3 is 2.81 bits per heavy atom. The molecule has 5 heteroatoms.